The van der Waals surface area contributed by atoms with Crippen molar-refractivity contribution in [1.29, 1.82) is 0 Å². The Balaban J connectivity index is 1.60. The fourth-order valence-electron chi connectivity index (χ4n) is 2.69. The van der Waals surface area contributed by atoms with E-state index in [-0.39, 0.29) is 5.91 Å². The Morgan fingerprint density at radius 3 is 2.86 bits per heavy atom. The third kappa shape index (κ3) is 5.99. The number of piperidine rings is 1. The first-order valence-corrected chi connectivity index (χ1v) is 9.01. The molecule has 1 aliphatic rings. The van der Waals surface area contributed by atoms with Crippen molar-refractivity contribution in [3.63, 3.8) is 0 Å². The third-order valence-corrected chi connectivity index (χ3v) is 5.01. The molecule has 5 heteroatoms. The third-order valence-electron chi connectivity index (χ3n) is 3.99. The van der Waals surface area contributed by atoms with Gasteiger partial charge in [0.25, 0.3) is 0 Å². The van der Waals surface area contributed by atoms with Gasteiger partial charge in [0.1, 0.15) is 0 Å². The highest BCUT2D eigenvalue weighted by Gasteiger charge is 2.19. The van der Waals surface area contributed by atoms with Crippen molar-refractivity contribution in [2.45, 2.75) is 30.7 Å². The predicted molar refractivity (Wildman–Crippen MR) is 93.4 cm³/mol. The molecule has 2 N–H and O–H groups in total. The lowest BCUT2D eigenvalue weighted by Crippen LogP contribution is -2.48. The number of hydrogen-bond donors (Lipinski definition) is 2. The molecular formula is C17H27N3OS. The Labute approximate surface area is 138 Å². The summed E-state index contributed by atoms with van der Waals surface area (Å²) in [5.74, 6) is 1.05. The molecule has 0 radical (unpaired) electrons. The highest BCUT2D eigenvalue weighted by Crippen LogP contribution is 2.17. The van der Waals surface area contributed by atoms with E-state index in [1.54, 1.807) is 11.8 Å². The molecule has 2 rings (SSSR count). The van der Waals surface area contributed by atoms with Gasteiger partial charge in [-0.25, -0.2) is 0 Å². The smallest absolute Gasteiger partial charge is 0.234 e. The van der Waals surface area contributed by atoms with Gasteiger partial charge in [-0.15, -0.1) is 11.8 Å². The van der Waals surface area contributed by atoms with E-state index in [4.69, 9.17) is 0 Å². The molecule has 1 fully saturated rings. The number of nitrogens with one attached hydrogen (secondary N) is 2. The summed E-state index contributed by atoms with van der Waals surface area (Å²) < 4.78 is 0. The number of benzene rings is 1. The van der Waals surface area contributed by atoms with Crippen LogP contribution in [-0.2, 0) is 4.79 Å². The van der Waals surface area contributed by atoms with Crippen LogP contribution < -0.4 is 10.6 Å². The molecule has 1 saturated heterocycles. The summed E-state index contributed by atoms with van der Waals surface area (Å²) in [6.07, 6.45) is 2.38. The molecule has 0 spiro atoms. The molecule has 1 amide bonds. The molecule has 122 valence electrons. The van der Waals surface area contributed by atoms with Gasteiger partial charge < -0.3 is 10.6 Å². The number of hydrogen-bond acceptors (Lipinski definition) is 4. The van der Waals surface area contributed by atoms with Gasteiger partial charge in [0.2, 0.25) is 5.91 Å². The lowest BCUT2D eigenvalue weighted by atomic mass is 10.1. The Kier molecular flexibility index (Phi) is 7.22. The molecular weight excluding hydrogens is 294 g/mol. The first-order chi connectivity index (χ1) is 10.7. The van der Waals surface area contributed by atoms with E-state index in [1.807, 2.05) is 7.05 Å². The van der Waals surface area contributed by atoms with Crippen molar-refractivity contribution in [1.82, 2.24) is 15.5 Å². The number of likely N-dealkylation sites (N-methyl/N-ethyl adjacent to an activating group) is 1. The molecule has 0 saturated carbocycles. The first-order valence-electron chi connectivity index (χ1n) is 8.03. The van der Waals surface area contributed by atoms with Gasteiger partial charge in [-0.05, 0) is 45.5 Å². The van der Waals surface area contributed by atoms with E-state index in [2.05, 4.69) is 46.7 Å². The maximum Gasteiger partial charge on any atom is 0.234 e. The molecule has 1 heterocycles. The standard InChI is InChI=1S/C17H27N3OS/c1-14-5-7-16(8-6-14)22-11-9-19-17(21)13-20-10-3-4-15(12-20)18-2/h5-8,15,18H,3-4,9-13H2,1-2H3,(H,19,21). The van der Waals surface area contributed by atoms with Crippen molar-refractivity contribution in [2.75, 3.05) is 39.0 Å². The summed E-state index contributed by atoms with van der Waals surface area (Å²) in [6.45, 7) is 5.34. The summed E-state index contributed by atoms with van der Waals surface area (Å²) in [7, 11) is 2.00. The Morgan fingerprint density at radius 2 is 2.14 bits per heavy atom. The van der Waals surface area contributed by atoms with Gasteiger partial charge in [0.05, 0.1) is 6.54 Å². The van der Waals surface area contributed by atoms with Crippen molar-refractivity contribution in [3.05, 3.63) is 29.8 Å². The number of likely N-dealkylation sites (tertiary alicyclic amines) is 1. The zero-order chi connectivity index (χ0) is 15.8. The summed E-state index contributed by atoms with van der Waals surface area (Å²) in [5.41, 5.74) is 1.28. The number of amides is 1. The van der Waals surface area contributed by atoms with Crippen LogP contribution in [0.4, 0.5) is 0 Å². The van der Waals surface area contributed by atoms with Crippen LogP contribution in [0.1, 0.15) is 18.4 Å². The highest BCUT2D eigenvalue weighted by atomic mass is 32.2. The van der Waals surface area contributed by atoms with Crippen LogP contribution in [0, 0.1) is 6.92 Å². The molecule has 1 aliphatic heterocycles. The Morgan fingerprint density at radius 1 is 1.36 bits per heavy atom. The molecule has 0 bridgehead atoms. The van der Waals surface area contributed by atoms with Crippen molar-refractivity contribution in [2.24, 2.45) is 0 Å². The quantitative estimate of drug-likeness (QED) is 0.595. The molecule has 1 aromatic rings. The molecule has 22 heavy (non-hydrogen) atoms. The summed E-state index contributed by atoms with van der Waals surface area (Å²) in [6, 6.07) is 9.03. The number of nitrogens with zero attached hydrogens (tertiary/aromatic N) is 1. The number of rotatable bonds is 7. The second-order valence-electron chi connectivity index (χ2n) is 5.87. The second kappa shape index (κ2) is 9.18. The van der Waals surface area contributed by atoms with Crippen molar-refractivity contribution >= 4 is 17.7 Å². The van der Waals surface area contributed by atoms with Crippen LogP contribution >= 0.6 is 11.8 Å². The Hall–Kier alpha value is -1.04. The fraction of sp³-hybridized carbons (Fsp3) is 0.588. The average Bonchev–Trinajstić information content (AvgIpc) is 2.53. The minimum Gasteiger partial charge on any atom is -0.354 e. The van der Waals surface area contributed by atoms with Crippen LogP contribution in [-0.4, -0.2) is 55.8 Å². The van der Waals surface area contributed by atoms with E-state index in [1.165, 1.54) is 23.3 Å². The van der Waals surface area contributed by atoms with E-state index in [0.717, 1.165) is 25.4 Å². The lowest BCUT2D eigenvalue weighted by molar-refractivity contribution is -0.122. The summed E-state index contributed by atoms with van der Waals surface area (Å²) >= 11 is 1.78. The van der Waals surface area contributed by atoms with Crippen LogP contribution in [0.25, 0.3) is 0 Å². The molecule has 1 aromatic carbocycles. The van der Waals surface area contributed by atoms with E-state index in [0.29, 0.717) is 12.6 Å². The van der Waals surface area contributed by atoms with Gasteiger partial charge in [-0.2, -0.15) is 0 Å². The van der Waals surface area contributed by atoms with Crippen LogP contribution in [0.2, 0.25) is 0 Å². The van der Waals surface area contributed by atoms with Crippen LogP contribution in [0.15, 0.2) is 29.2 Å². The highest BCUT2D eigenvalue weighted by molar-refractivity contribution is 7.99. The maximum atomic E-state index is 12.0. The molecule has 0 aliphatic carbocycles. The average molecular weight is 321 g/mol. The number of carbonyl (C=O) groups is 1. The normalized spacial score (nSPS) is 19.1. The number of carbonyl (C=O) groups excluding carboxylic acids is 1. The number of thioether (sulfide) groups is 1. The van der Waals surface area contributed by atoms with E-state index in [9.17, 15) is 4.79 Å². The van der Waals surface area contributed by atoms with Crippen LogP contribution in [0.5, 0.6) is 0 Å². The molecule has 4 nitrogen and oxygen atoms in total. The zero-order valence-corrected chi connectivity index (χ0v) is 14.4. The number of aryl methyl sites for hydroxylation is 1. The molecule has 1 unspecified atom stereocenters. The van der Waals surface area contributed by atoms with Gasteiger partial charge in [0.15, 0.2) is 0 Å². The second-order valence-corrected chi connectivity index (χ2v) is 7.04. The van der Waals surface area contributed by atoms with Crippen LogP contribution in [0.3, 0.4) is 0 Å². The first kappa shape index (κ1) is 17.3. The minimum atomic E-state index is 0.140. The van der Waals surface area contributed by atoms with Gasteiger partial charge in [-0.1, -0.05) is 17.7 Å². The monoisotopic (exact) mass is 321 g/mol. The van der Waals surface area contributed by atoms with Crippen molar-refractivity contribution in [3.8, 4) is 0 Å². The predicted octanol–water partition coefficient (Wildman–Crippen LogP) is 1.89. The summed E-state index contributed by atoms with van der Waals surface area (Å²) in [5, 5.41) is 6.33. The van der Waals surface area contributed by atoms with E-state index < -0.39 is 0 Å². The summed E-state index contributed by atoms with van der Waals surface area (Å²) in [4.78, 5) is 15.5. The molecule has 1 atom stereocenters. The largest absolute Gasteiger partial charge is 0.354 e. The molecule has 0 aromatic heterocycles. The lowest BCUT2D eigenvalue weighted by Gasteiger charge is -2.31. The Bertz CT molecular complexity index is 463. The maximum absolute atomic E-state index is 12.0. The SMILES string of the molecule is CNC1CCCN(CC(=O)NCCSc2ccc(C)cc2)C1. The zero-order valence-electron chi connectivity index (χ0n) is 13.6. The van der Waals surface area contributed by atoms with Crippen molar-refractivity contribution < 1.29 is 4.79 Å². The fourth-order valence-corrected chi connectivity index (χ4v) is 3.46. The minimum absolute atomic E-state index is 0.140. The van der Waals surface area contributed by atoms with Gasteiger partial charge >= 0.3 is 0 Å². The topological polar surface area (TPSA) is 44.4 Å². The van der Waals surface area contributed by atoms with Gasteiger partial charge in [0, 0.05) is 29.8 Å². The van der Waals surface area contributed by atoms with Gasteiger partial charge in [-0.3, -0.25) is 9.69 Å². The van der Waals surface area contributed by atoms with E-state index >= 15 is 0 Å².